The number of ether oxygens (including phenoxy) is 1. The molecule has 1 aromatic rings. The third-order valence-electron chi connectivity index (χ3n) is 3.44. The first-order valence-electron chi connectivity index (χ1n) is 6.92. The molecule has 20 heavy (non-hydrogen) atoms. The molecule has 0 saturated carbocycles. The number of carbonyl (C=O) groups excluding carboxylic acids is 1. The Bertz CT molecular complexity index is 457. The first kappa shape index (κ1) is 14.9. The second kappa shape index (κ2) is 6.32. The molecule has 1 unspecified atom stereocenters. The summed E-state index contributed by atoms with van der Waals surface area (Å²) in [6, 6.07) is 0.334. The SMILES string of the molecule is CC(C)n1cnnc1CN1CCOC(C(=O)N(C)C)C1. The van der Waals surface area contributed by atoms with E-state index in [0.29, 0.717) is 25.7 Å². The molecule has 1 amide bonds. The van der Waals surface area contributed by atoms with E-state index < -0.39 is 0 Å². The van der Waals surface area contributed by atoms with E-state index in [9.17, 15) is 4.79 Å². The summed E-state index contributed by atoms with van der Waals surface area (Å²) in [7, 11) is 3.50. The highest BCUT2D eigenvalue weighted by Crippen LogP contribution is 2.13. The minimum atomic E-state index is -0.380. The molecule has 7 nitrogen and oxygen atoms in total. The number of carbonyl (C=O) groups is 1. The second-order valence-electron chi connectivity index (χ2n) is 5.58. The van der Waals surface area contributed by atoms with Crippen LogP contribution in [0.15, 0.2) is 6.33 Å². The van der Waals surface area contributed by atoms with Gasteiger partial charge in [0.25, 0.3) is 5.91 Å². The lowest BCUT2D eigenvalue weighted by Gasteiger charge is -2.33. The number of amides is 1. The standard InChI is InChI=1S/C13H23N5O2/c1-10(2)18-9-14-15-12(18)8-17-5-6-20-11(7-17)13(19)16(3)4/h9-11H,5-8H2,1-4H3. The van der Waals surface area contributed by atoms with E-state index in [1.807, 2.05) is 0 Å². The van der Waals surface area contributed by atoms with E-state index in [-0.39, 0.29) is 12.0 Å². The predicted octanol–water partition coefficient (Wildman–Crippen LogP) is 0.148. The van der Waals surface area contributed by atoms with Gasteiger partial charge in [0.1, 0.15) is 18.3 Å². The molecular weight excluding hydrogens is 258 g/mol. The molecule has 0 bridgehead atoms. The maximum atomic E-state index is 12.0. The van der Waals surface area contributed by atoms with Crippen LogP contribution in [0.1, 0.15) is 25.7 Å². The maximum Gasteiger partial charge on any atom is 0.252 e. The molecule has 0 N–H and O–H groups in total. The highest BCUT2D eigenvalue weighted by atomic mass is 16.5. The van der Waals surface area contributed by atoms with Crippen molar-refractivity contribution in [1.82, 2.24) is 24.6 Å². The van der Waals surface area contributed by atoms with E-state index in [1.54, 1.807) is 25.3 Å². The zero-order valence-corrected chi connectivity index (χ0v) is 12.6. The average molecular weight is 281 g/mol. The predicted molar refractivity (Wildman–Crippen MR) is 74.1 cm³/mol. The Morgan fingerprint density at radius 1 is 1.55 bits per heavy atom. The third kappa shape index (κ3) is 3.34. The van der Waals surface area contributed by atoms with Crippen LogP contribution in [0.3, 0.4) is 0 Å². The smallest absolute Gasteiger partial charge is 0.252 e. The van der Waals surface area contributed by atoms with Gasteiger partial charge in [-0.15, -0.1) is 10.2 Å². The van der Waals surface area contributed by atoms with E-state index in [0.717, 1.165) is 12.4 Å². The topological polar surface area (TPSA) is 63.5 Å². The summed E-state index contributed by atoms with van der Waals surface area (Å²) in [6.07, 6.45) is 1.37. The Kier molecular flexibility index (Phi) is 4.72. The van der Waals surface area contributed by atoms with Crippen molar-refractivity contribution >= 4 is 5.91 Å². The highest BCUT2D eigenvalue weighted by Gasteiger charge is 2.28. The van der Waals surface area contributed by atoms with Crippen LogP contribution in [0.4, 0.5) is 0 Å². The van der Waals surface area contributed by atoms with Crippen LogP contribution in [0.5, 0.6) is 0 Å². The van der Waals surface area contributed by atoms with Crippen molar-refractivity contribution < 1.29 is 9.53 Å². The molecule has 1 aromatic heterocycles. The summed E-state index contributed by atoms with van der Waals surface area (Å²) < 4.78 is 7.61. The number of hydrogen-bond acceptors (Lipinski definition) is 5. The molecule has 1 fully saturated rings. The van der Waals surface area contributed by atoms with Crippen LogP contribution in [-0.4, -0.2) is 70.4 Å². The molecule has 0 radical (unpaired) electrons. The van der Waals surface area contributed by atoms with Crippen molar-refractivity contribution in [2.45, 2.75) is 32.5 Å². The van der Waals surface area contributed by atoms with Crippen LogP contribution in [0.25, 0.3) is 0 Å². The Hall–Kier alpha value is -1.47. The summed E-state index contributed by atoms with van der Waals surface area (Å²) in [6.45, 7) is 6.87. The third-order valence-corrected chi connectivity index (χ3v) is 3.44. The van der Waals surface area contributed by atoms with Gasteiger partial charge in [0.05, 0.1) is 13.2 Å². The van der Waals surface area contributed by atoms with E-state index >= 15 is 0 Å². The van der Waals surface area contributed by atoms with Crippen molar-refractivity contribution in [3.63, 3.8) is 0 Å². The van der Waals surface area contributed by atoms with Crippen molar-refractivity contribution in [2.24, 2.45) is 0 Å². The molecule has 112 valence electrons. The van der Waals surface area contributed by atoms with Crippen LogP contribution < -0.4 is 0 Å². The lowest BCUT2D eigenvalue weighted by molar-refractivity contribution is -0.147. The van der Waals surface area contributed by atoms with E-state index in [1.165, 1.54) is 0 Å². The van der Waals surface area contributed by atoms with E-state index in [2.05, 4.69) is 33.5 Å². The molecule has 1 atom stereocenters. The number of morpholine rings is 1. The fraction of sp³-hybridized carbons (Fsp3) is 0.769. The molecule has 7 heteroatoms. The molecule has 0 aromatic carbocycles. The Labute approximate surface area is 119 Å². The summed E-state index contributed by atoms with van der Waals surface area (Å²) in [5, 5.41) is 8.14. The van der Waals surface area contributed by atoms with Crippen LogP contribution in [-0.2, 0) is 16.1 Å². The molecule has 0 spiro atoms. The van der Waals surface area contributed by atoms with Gasteiger partial charge in [0.15, 0.2) is 0 Å². The number of likely N-dealkylation sites (N-methyl/N-ethyl adjacent to an activating group) is 1. The largest absolute Gasteiger partial charge is 0.366 e. The fourth-order valence-electron chi connectivity index (χ4n) is 2.29. The van der Waals surface area contributed by atoms with Crippen molar-refractivity contribution in [3.05, 3.63) is 12.2 Å². The Balaban J connectivity index is 1.99. The van der Waals surface area contributed by atoms with Gasteiger partial charge in [-0.2, -0.15) is 0 Å². The molecule has 2 rings (SSSR count). The summed E-state index contributed by atoms with van der Waals surface area (Å²) in [5.74, 6) is 0.943. The lowest BCUT2D eigenvalue weighted by atomic mass is 10.2. The molecule has 2 heterocycles. The van der Waals surface area contributed by atoms with Gasteiger partial charge in [-0.25, -0.2) is 0 Å². The highest BCUT2D eigenvalue weighted by molar-refractivity contribution is 5.80. The zero-order valence-electron chi connectivity index (χ0n) is 12.6. The first-order chi connectivity index (χ1) is 9.49. The second-order valence-corrected chi connectivity index (χ2v) is 5.58. The maximum absolute atomic E-state index is 12.0. The van der Waals surface area contributed by atoms with Crippen LogP contribution in [0, 0.1) is 0 Å². The van der Waals surface area contributed by atoms with Gasteiger partial charge in [0.2, 0.25) is 0 Å². The average Bonchev–Trinajstić information content (AvgIpc) is 2.86. The van der Waals surface area contributed by atoms with Crippen LogP contribution >= 0.6 is 0 Å². The monoisotopic (exact) mass is 281 g/mol. The minimum Gasteiger partial charge on any atom is -0.366 e. The molecule has 1 aliphatic rings. The van der Waals surface area contributed by atoms with Gasteiger partial charge in [0, 0.05) is 33.2 Å². The van der Waals surface area contributed by atoms with Crippen molar-refractivity contribution in [2.75, 3.05) is 33.8 Å². The quantitative estimate of drug-likeness (QED) is 0.786. The number of aromatic nitrogens is 3. The molecule has 1 aliphatic heterocycles. The number of nitrogens with zero attached hydrogens (tertiary/aromatic N) is 5. The number of rotatable bonds is 4. The first-order valence-corrected chi connectivity index (χ1v) is 6.92. The normalized spacial score (nSPS) is 20.4. The lowest BCUT2D eigenvalue weighted by Crippen LogP contribution is -2.49. The van der Waals surface area contributed by atoms with Gasteiger partial charge in [-0.3, -0.25) is 9.69 Å². The minimum absolute atomic E-state index is 0.0139. The van der Waals surface area contributed by atoms with Gasteiger partial charge < -0.3 is 14.2 Å². The Morgan fingerprint density at radius 2 is 2.30 bits per heavy atom. The Morgan fingerprint density at radius 3 is 2.95 bits per heavy atom. The van der Waals surface area contributed by atoms with Crippen LogP contribution in [0.2, 0.25) is 0 Å². The summed E-state index contributed by atoms with van der Waals surface area (Å²) >= 11 is 0. The zero-order chi connectivity index (χ0) is 14.7. The molecule has 0 aliphatic carbocycles. The van der Waals surface area contributed by atoms with E-state index in [4.69, 9.17) is 4.74 Å². The van der Waals surface area contributed by atoms with Gasteiger partial charge in [-0.05, 0) is 13.8 Å². The molecule has 1 saturated heterocycles. The fourth-order valence-corrected chi connectivity index (χ4v) is 2.29. The summed E-state index contributed by atoms with van der Waals surface area (Å²) in [5.41, 5.74) is 0. The number of hydrogen-bond donors (Lipinski definition) is 0. The van der Waals surface area contributed by atoms with Crippen molar-refractivity contribution in [3.8, 4) is 0 Å². The summed E-state index contributed by atoms with van der Waals surface area (Å²) in [4.78, 5) is 15.7. The molecular formula is C13H23N5O2. The van der Waals surface area contributed by atoms with Crippen molar-refractivity contribution in [1.29, 1.82) is 0 Å². The van der Waals surface area contributed by atoms with Gasteiger partial charge in [-0.1, -0.05) is 0 Å². The van der Waals surface area contributed by atoms with Gasteiger partial charge >= 0.3 is 0 Å².